The van der Waals surface area contributed by atoms with E-state index in [0.29, 0.717) is 28.7 Å². The van der Waals surface area contributed by atoms with Crippen LogP contribution >= 0.6 is 22.8 Å². The van der Waals surface area contributed by atoms with Crippen LogP contribution in [0.2, 0.25) is 0 Å². The number of primary amides is 1. The van der Waals surface area contributed by atoms with E-state index in [2.05, 4.69) is 10.3 Å². The van der Waals surface area contributed by atoms with Gasteiger partial charge >= 0.3 is 22.8 Å². The Hall–Kier alpha value is -10.0. The summed E-state index contributed by atoms with van der Waals surface area (Å²) in [4.78, 5) is 222. The van der Waals surface area contributed by atoms with Crippen molar-refractivity contribution in [2.75, 3.05) is 123 Å². The van der Waals surface area contributed by atoms with E-state index in [4.69, 9.17) is 5.73 Å². The third-order valence-corrected chi connectivity index (χ3v) is 23.2. The topological polar surface area (TPSA) is 426 Å². The van der Waals surface area contributed by atoms with Crippen LogP contribution in [0.5, 0.6) is 0 Å². The molecule has 0 fully saturated rings. The number of fused-ring (bicyclic) bond motifs is 1. The van der Waals surface area contributed by atoms with Crippen LogP contribution in [0.4, 0.5) is 0 Å². The number of carbonyl (C=O) groups is 10. The number of carbonyl (C=O) groups excluding carboxylic acids is 10. The lowest BCUT2D eigenvalue weighted by atomic mass is 10.1. The summed E-state index contributed by atoms with van der Waals surface area (Å²) >= 11 is 0. The van der Waals surface area contributed by atoms with E-state index < -0.39 is 197 Å². The minimum atomic E-state index is -4.77. The van der Waals surface area contributed by atoms with Crippen LogP contribution < -0.4 is 11.1 Å². The molecule has 118 heavy (non-hydrogen) atoms. The van der Waals surface area contributed by atoms with E-state index in [-0.39, 0.29) is 70.2 Å². The molecule has 10 amide bonds. The summed E-state index contributed by atoms with van der Waals surface area (Å²) in [5.74, 6) is -8.04. The molecule has 0 aliphatic heterocycles. The first kappa shape index (κ1) is 95.1. The van der Waals surface area contributed by atoms with Gasteiger partial charge in [0.2, 0.25) is 59.1 Å². The number of H-pyrrole nitrogens is 1. The Kier molecular flexibility index (Phi) is 37.4. The summed E-state index contributed by atoms with van der Waals surface area (Å²) in [5, 5.41) is 4.05. The van der Waals surface area contributed by atoms with Crippen LogP contribution in [0.25, 0.3) is 10.9 Å². The van der Waals surface area contributed by atoms with Crippen molar-refractivity contribution < 1.29 is 91.0 Å². The van der Waals surface area contributed by atoms with E-state index >= 15 is 28.8 Å². The van der Waals surface area contributed by atoms with E-state index in [1.165, 1.54) is 14.7 Å². The molecule has 4 atom stereocenters. The molecule has 7 rings (SSSR count). The fourth-order valence-electron chi connectivity index (χ4n) is 13.6. The maximum Gasteiger partial charge on any atom is 0.325 e. The number of hydrogen-bond acceptors (Lipinski definition) is 14. The van der Waals surface area contributed by atoms with Crippen molar-refractivity contribution >= 4 is 92.8 Å². The van der Waals surface area contributed by atoms with Gasteiger partial charge in [0.05, 0.1) is 89.0 Å². The van der Waals surface area contributed by atoms with Gasteiger partial charge < -0.3 is 89.5 Å². The minimum absolute atomic E-state index is 0.0906. The zero-order valence-corrected chi connectivity index (χ0v) is 70.5. The van der Waals surface area contributed by atoms with E-state index in [0.717, 1.165) is 51.4 Å². The maximum absolute atomic E-state index is 15.8. The van der Waals surface area contributed by atoms with Crippen molar-refractivity contribution in [1.82, 2.24) is 54.4 Å². The van der Waals surface area contributed by atoms with Crippen LogP contribution in [0.15, 0.2) is 182 Å². The van der Waals surface area contributed by atoms with Gasteiger partial charge in [0.1, 0.15) is 13.1 Å². The molecular weight excluding hydrogens is 1570 g/mol. The largest absolute Gasteiger partial charge is 0.368 e. The van der Waals surface area contributed by atoms with Crippen molar-refractivity contribution in [3.63, 3.8) is 0 Å². The molecule has 0 saturated carbocycles. The maximum atomic E-state index is 15.8. The Balaban J connectivity index is 1.23. The molecule has 6 aromatic carbocycles. The second kappa shape index (κ2) is 46.4. The first-order valence-corrected chi connectivity index (χ1v) is 44.8. The lowest BCUT2D eigenvalue weighted by molar-refractivity contribution is -0.150. The predicted molar refractivity (Wildman–Crippen MR) is 447 cm³/mol. The van der Waals surface area contributed by atoms with Crippen molar-refractivity contribution in [3.8, 4) is 0 Å². The summed E-state index contributed by atoms with van der Waals surface area (Å²) in [5.41, 5.74) is 10.6. The summed E-state index contributed by atoms with van der Waals surface area (Å²) < 4.78 is 37.1. The Morgan fingerprint density at radius 3 is 1.06 bits per heavy atom. The van der Waals surface area contributed by atoms with Crippen LogP contribution in [0, 0.1) is 5.92 Å². The third kappa shape index (κ3) is 32.0. The number of benzene rings is 6. The second-order valence-corrected chi connectivity index (χ2v) is 35.3. The lowest BCUT2D eigenvalue weighted by Gasteiger charge is -2.35. The molecule has 1 heterocycles. The number of nitrogens with zero attached hydrogens (tertiary/aromatic N) is 9. The van der Waals surface area contributed by atoms with Gasteiger partial charge in [-0.3, -0.25) is 61.6 Å². The molecule has 0 aliphatic rings. The SMILES string of the molecule is CC(C)CCN(CC(=O)N(CCCP(=O)(O)O)CC(=O)N(CC(N)=O)[C@@H](C)c1ccccc1)C(=O)CN(CCCP(=O)(O)O)C(=O)CN(C(=O)CN(CCc1c[nH]c2ccccc12)C(=O)CN(CCCP(=O)(O)O)C(=O)CN(C(=O)CN(CCc1ccccc1)C(=O)CN[C@@H](C)c1ccccc1)[C@@H](C)c1ccccc1)[C@@H](C)c1ccccc1. The van der Waals surface area contributed by atoms with Gasteiger partial charge in [0, 0.05) is 62.4 Å². The van der Waals surface area contributed by atoms with Gasteiger partial charge in [-0.25, -0.2) is 0 Å². The fraction of sp³-hybridized carbons (Fsp3) is 0.429. The predicted octanol–water partition coefficient (Wildman–Crippen LogP) is 7.28. The van der Waals surface area contributed by atoms with Gasteiger partial charge in [0.15, 0.2) is 0 Å². The molecule has 0 spiro atoms. The second-order valence-electron chi connectivity index (χ2n) is 29.9. The number of para-hydroxylation sites is 1. The fourth-order valence-corrected chi connectivity index (χ4v) is 15.2. The van der Waals surface area contributed by atoms with Crippen LogP contribution in [0.3, 0.4) is 0 Å². The lowest BCUT2D eigenvalue weighted by Crippen LogP contribution is -2.53. The molecule has 0 aliphatic carbocycles. The molecule has 1 aromatic heterocycles. The average Bonchev–Trinajstić information content (AvgIpc) is 1.48. The van der Waals surface area contributed by atoms with E-state index in [1.807, 2.05) is 106 Å². The quantitative estimate of drug-likeness (QED) is 0.0169. The Morgan fingerprint density at radius 1 is 0.364 bits per heavy atom. The highest BCUT2D eigenvalue weighted by molar-refractivity contribution is 7.52. The standard InChI is InChI=1S/C84H113N12O19P3/c1-62(2)39-45-92(56-77(99)90(44-26-50-118(113,114)115)57-82(104)94(53-75(85)97)64(4)69-31-16-9-17-32-69)78(100)54-88(42-24-48-116(107,108)109)81(103)61-96(66(6)71-35-20-11-21-36-71)84(106)59-93(47-41-72-51-87-74-38-23-22-37-73(72)74)79(101)55-89(43-25-49-117(110,111)112)80(102)60-95(65(5)70-33-18-10-19-34-70)83(105)58-91(46-40-67-27-12-7-13-28-67)76(98)52-86-63(3)68-29-14-8-15-30-68/h7-23,27-38,51,62-66,86-87H,24-26,39-50,52-61H2,1-6H3,(H2,85,97)(H2,107,108,109)(H2,110,111,112)(H2,113,114,115)/t63-,64-,65-,66-/m0/s1. The first-order valence-electron chi connectivity index (χ1n) is 39.4. The highest BCUT2D eigenvalue weighted by Crippen LogP contribution is 2.37. The summed E-state index contributed by atoms with van der Waals surface area (Å²) in [6.07, 6.45) is -0.747. The molecule has 7 aromatic rings. The Morgan fingerprint density at radius 2 is 0.678 bits per heavy atom. The smallest absolute Gasteiger partial charge is 0.325 e. The van der Waals surface area contributed by atoms with Crippen molar-refractivity contribution in [3.05, 3.63) is 216 Å². The first-order chi connectivity index (χ1) is 55.9. The highest BCUT2D eigenvalue weighted by atomic mass is 31.2. The molecule has 10 N–H and O–H groups in total. The van der Waals surface area contributed by atoms with E-state index in [1.54, 1.807) is 118 Å². The zero-order valence-electron chi connectivity index (χ0n) is 67.8. The number of aromatic amines is 1. The average molecular weight is 1690 g/mol. The van der Waals surface area contributed by atoms with Crippen molar-refractivity contribution in [2.45, 2.75) is 104 Å². The number of hydrogen-bond donors (Lipinski definition) is 9. The van der Waals surface area contributed by atoms with Crippen LogP contribution in [-0.2, 0) is 74.5 Å². The number of nitrogens with one attached hydrogen (secondary N) is 2. The third-order valence-electron chi connectivity index (χ3n) is 20.5. The molecule has 0 radical (unpaired) electrons. The zero-order chi connectivity index (χ0) is 86.3. The highest BCUT2D eigenvalue weighted by Gasteiger charge is 2.36. The molecule has 31 nitrogen and oxygen atoms in total. The molecule has 0 bridgehead atoms. The van der Waals surface area contributed by atoms with Gasteiger partial charge in [-0.1, -0.05) is 184 Å². The number of rotatable bonds is 49. The molecule has 34 heteroatoms. The summed E-state index contributed by atoms with van der Waals surface area (Å²) in [7, 11) is -14.2. The van der Waals surface area contributed by atoms with Gasteiger partial charge in [-0.05, 0) is 112 Å². The van der Waals surface area contributed by atoms with Crippen LogP contribution in [-0.4, -0.2) is 261 Å². The van der Waals surface area contributed by atoms with E-state index in [9.17, 15) is 62.2 Å². The van der Waals surface area contributed by atoms with Crippen LogP contribution in [0.1, 0.15) is 125 Å². The number of amides is 10. The molecular formula is C84H113N12O19P3. The molecule has 0 saturated heterocycles. The van der Waals surface area contributed by atoms with Gasteiger partial charge in [-0.2, -0.15) is 0 Å². The minimum Gasteiger partial charge on any atom is -0.368 e. The summed E-state index contributed by atoms with van der Waals surface area (Å²) in [6, 6.07) is 49.1. The summed E-state index contributed by atoms with van der Waals surface area (Å²) in [6.45, 7) is 2.18. The number of aromatic nitrogens is 1. The van der Waals surface area contributed by atoms with Gasteiger partial charge in [0.25, 0.3) is 0 Å². The van der Waals surface area contributed by atoms with Crippen molar-refractivity contribution in [2.24, 2.45) is 11.7 Å². The number of nitrogens with two attached hydrogens (primary N) is 1. The monoisotopic (exact) mass is 1690 g/mol. The Bertz CT molecular complexity index is 4600. The Labute approximate surface area is 689 Å². The normalized spacial score (nSPS) is 12.7. The van der Waals surface area contributed by atoms with Crippen molar-refractivity contribution in [1.29, 1.82) is 0 Å². The molecule has 0 unspecified atom stereocenters. The molecule has 638 valence electrons. The van der Waals surface area contributed by atoms with Gasteiger partial charge in [-0.15, -0.1) is 0 Å².